The zero-order valence-corrected chi connectivity index (χ0v) is 10.5. The fourth-order valence-corrected chi connectivity index (χ4v) is 2.00. The van der Waals surface area contributed by atoms with Crippen molar-refractivity contribution in [2.24, 2.45) is 0 Å². The van der Waals surface area contributed by atoms with Crippen LogP contribution < -0.4 is 5.32 Å². The summed E-state index contributed by atoms with van der Waals surface area (Å²) in [6.07, 6.45) is 2.42. The first-order valence-corrected chi connectivity index (χ1v) is 6.16. The molecule has 0 saturated carbocycles. The van der Waals surface area contributed by atoms with Gasteiger partial charge in [-0.2, -0.15) is 0 Å². The maximum Gasteiger partial charge on any atom is 0.269 e. The monoisotopic (exact) mass is 247 g/mol. The average molecular weight is 247 g/mol. The van der Waals surface area contributed by atoms with Crippen LogP contribution in [0, 0.1) is 6.92 Å². The van der Waals surface area contributed by atoms with Crippen molar-refractivity contribution < 1.29 is 4.79 Å². The van der Waals surface area contributed by atoms with E-state index in [2.05, 4.69) is 28.8 Å². The zero-order valence-electron chi connectivity index (χ0n) is 9.73. The van der Waals surface area contributed by atoms with Crippen LogP contribution in [0.25, 0.3) is 0 Å². The molecule has 1 N–H and O–H groups in total. The number of hydrogen-bond donors (Lipinski definition) is 1. The lowest BCUT2D eigenvalue weighted by Gasteiger charge is -2.07. The molecule has 0 atom stereocenters. The van der Waals surface area contributed by atoms with E-state index >= 15 is 0 Å². The van der Waals surface area contributed by atoms with Crippen molar-refractivity contribution in [1.82, 2.24) is 9.59 Å². The Labute approximate surface area is 104 Å². The number of anilines is 1. The van der Waals surface area contributed by atoms with Crippen molar-refractivity contribution in [2.45, 2.75) is 20.3 Å². The van der Waals surface area contributed by atoms with Gasteiger partial charge in [-0.3, -0.25) is 4.79 Å². The van der Waals surface area contributed by atoms with Crippen molar-refractivity contribution in [1.29, 1.82) is 0 Å². The summed E-state index contributed by atoms with van der Waals surface area (Å²) in [4.78, 5) is 12.3. The first-order valence-electron chi connectivity index (χ1n) is 5.39. The van der Waals surface area contributed by atoms with Gasteiger partial charge in [-0.05, 0) is 48.1 Å². The number of rotatable bonds is 3. The molecule has 0 fully saturated rings. The molecule has 1 aromatic heterocycles. The number of amides is 1. The molecule has 1 amide bonds. The van der Waals surface area contributed by atoms with Gasteiger partial charge in [0.25, 0.3) is 5.91 Å². The molecule has 0 radical (unpaired) electrons. The summed E-state index contributed by atoms with van der Waals surface area (Å²) < 4.78 is 3.66. The Morgan fingerprint density at radius 2 is 2.29 bits per heavy atom. The van der Waals surface area contributed by atoms with Gasteiger partial charge in [-0.1, -0.05) is 17.5 Å². The molecule has 17 heavy (non-hydrogen) atoms. The Morgan fingerprint density at radius 3 is 2.94 bits per heavy atom. The molecular weight excluding hydrogens is 234 g/mol. The minimum Gasteiger partial charge on any atom is -0.321 e. The third kappa shape index (κ3) is 2.68. The molecular formula is C12H13N3OS. The van der Waals surface area contributed by atoms with Crippen LogP contribution in [0.5, 0.6) is 0 Å². The second-order valence-corrected chi connectivity index (χ2v) is 4.52. The minimum absolute atomic E-state index is 0.161. The summed E-state index contributed by atoms with van der Waals surface area (Å²) in [5.74, 6) is -0.161. The summed E-state index contributed by atoms with van der Waals surface area (Å²) in [6, 6.07) is 5.92. The highest BCUT2D eigenvalue weighted by Gasteiger charge is 2.09. The largest absolute Gasteiger partial charge is 0.321 e. The predicted octanol–water partition coefficient (Wildman–Crippen LogP) is 2.66. The molecule has 0 aliphatic heterocycles. The zero-order chi connectivity index (χ0) is 12.3. The Bertz CT molecular complexity index is 523. The Kier molecular flexibility index (Phi) is 3.49. The van der Waals surface area contributed by atoms with Gasteiger partial charge in [-0.25, -0.2) is 0 Å². The highest BCUT2D eigenvalue weighted by Crippen LogP contribution is 2.17. The van der Waals surface area contributed by atoms with Gasteiger partial charge in [0.05, 0.1) is 6.20 Å². The summed E-state index contributed by atoms with van der Waals surface area (Å²) >= 11 is 1.09. The van der Waals surface area contributed by atoms with Crippen LogP contribution in [0.1, 0.15) is 27.7 Å². The number of nitrogens with zero attached hydrogens (tertiary/aromatic N) is 2. The molecule has 88 valence electrons. The third-order valence-corrected chi connectivity index (χ3v) is 3.24. The fraction of sp³-hybridized carbons (Fsp3) is 0.250. The Morgan fingerprint density at radius 1 is 1.47 bits per heavy atom. The second-order valence-electron chi connectivity index (χ2n) is 3.73. The number of aromatic nitrogens is 2. The van der Waals surface area contributed by atoms with Crippen LogP contribution in [0.15, 0.2) is 24.4 Å². The lowest BCUT2D eigenvalue weighted by atomic mass is 10.1. The molecule has 0 bridgehead atoms. The molecule has 0 aliphatic rings. The van der Waals surface area contributed by atoms with E-state index in [0.717, 1.165) is 23.6 Å². The fourth-order valence-electron chi connectivity index (χ4n) is 1.59. The molecule has 1 heterocycles. The maximum absolute atomic E-state index is 11.8. The molecule has 0 saturated heterocycles. The van der Waals surface area contributed by atoms with E-state index in [-0.39, 0.29) is 5.91 Å². The van der Waals surface area contributed by atoms with Gasteiger partial charge in [0.15, 0.2) is 0 Å². The lowest BCUT2D eigenvalue weighted by molar-refractivity contribution is 0.103. The first-order chi connectivity index (χ1) is 8.20. The molecule has 4 nitrogen and oxygen atoms in total. The van der Waals surface area contributed by atoms with E-state index in [0.29, 0.717) is 4.88 Å². The predicted molar refractivity (Wildman–Crippen MR) is 68.4 cm³/mol. The summed E-state index contributed by atoms with van der Waals surface area (Å²) in [5.41, 5.74) is 3.29. The number of nitrogens with one attached hydrogen (secondary N) is 1. The third-order valence-electron chi connectivity index (χ3n) is 2.57. The minimum atomic E-state index is -0.161. The van der Waals surface area contributed by atoms with Crippen molar-refractivity contribution >= 4 is 23.1 Å². The van der Waals surface area contributed by atoms with Gasteiger partial charge < -0.3 is 5.32 Å². The number of carbonyl (C=O) groups excluding carboxylic acids is 1. The highest BCUT2D eigenvalue weighted by molar-refractivity contribution is 7.07. The van der Waals surface area contributed by atoms with Crippen LogP contribution in [0.2, 0.25) is 0 Å². The quantitative estimate of drug-likeness (QED) is 0.907. The molecule has 2 rings (SSSR count). The second kappa shape index (κ2) is 5.05. The molecule has 0 aliphatic carbocycles. The maximum atomic E-state index is 11.8. The van der Waals surface area contributed by atoms with Crippen LogP contribution in [0.4, 0.5) is 5.69 Å². The van der Waals surface area contributed by atoms with E-state index < -0.39 is 0 Å². The lowest BCUT2D eigenvalue weighted by Crippen LogP contribution is -2.10. The van der Waals surface area contributed by atoms with Gasteiger partial charge in [0.2, 0.25) is 0 Å². The first kappa shape index (κ1) is 11.7. The highest BCUT2D eigenvalue weighted by atomic mass is 32.1. The topological polar surface area (TPSA) is 54.9 Å². The van der Waals surface area contributed by atoms with Crippen molar-refractivity contribution in [3.63, 3.8) is 0 Å². The molecule has 5 heteroatoms. The average Bonchev–Trinajstić information content (AvgIpc) is 2.85. The number of hydrogen-bond acceptors (Lipinski definition) is 4. The van der Waals surface area contributed by atoms with Gasteiger partial charge in [-0.15, -0.1) is 5.10 Å². The Balaban J connectivity index is 2.16. The molecule has 1 aromatic carbocycles. The Hall–Kier alpha value is -1.75. The van der Waals surface area contributed by atoms with E-state index in [1.165, 1.54) is 17.3 Å². The number of aryl methyl sites for hydroxylation is 2. The normalized spacial score (nSPS) is 10.2. The van der Waals surface area contributed by atoms with E-state index in [1.54, 1.807) is 0 Å². The van der Waals surface area contributed by atoms with Gasteiger partial charge in [0.1, 0.15) is 4.88 Å². The summed E-state index contributed by atoms with van der Waals surface area (Å²) in [5, 5.41) is 6.48. The van der Waals surface area contributed by atoms with Crippen LogP contribution >= 0.6 is 11.5 Å². The molecule has 0 unspecified atom stereocenters. The molecule has 0 spiro atoms. The van der Waals surface area contributed by atoms with Crippen LogP contribution in [0.3, 0.4) is 0 Å². The van der Waals surface area contributed by atoms with Gasteiger partial charge >= 0.3 is 0 Å². The number of benzene rings is 1. The van der Waals surface area contributed by atoms with E-state index in [4.69, 9.17) is 0 Å². The van der Waals surface area contributed by atoms with Crippen LogP contribution in [-0.2, 0) is 6.42 Å². The number of carbonyl (C=O) groups is 1. The van der Waals surface area contributed by atoms with E-state index in [1.807, 2.05) is 18.2 Å². The standard InChI is InChI=1S/C12H13N3OS/c1-3-9-6-10(5-4-8(9)2)14-12(16)11-7-13-15-17-11/h4-7H,3H2,1-2H3,(H,14,16). The van der Waals surface area contributed by atoms with Gasteiger partial charge in [0, 0.05) is 5.69 Å². The SMILES string of the molecule is CCc1cc(NC(=O)c2cnns2)ccc1C. The van der Waals surface area contributed by atoms with E-state index in [9.17, 15) is 4.79 Å². The van der Waals surface area contributed by atoms with Crippen molar-refractivity contribution in [2.75, 3.05) is 5.32 Å². The summed E-state index contributed by atoms with van der Waals surface area (Å²) in [6.45, 7) is 4.17. The van der Waals surface area contributed by atoms with Crippen LogP contribution in [-0.4, -0.2) is 15.5 Å². The van der Waals surface area contributed by atoms with Crippen molar-refractivity contribution in [3.8, 4) is 0 Å². The van der Waals surface area contributed by atoms with Crippen molar-refractivity contribution in [3.05, 3.63) is 40.4 Å². The summed E-state index contributed by atoms with van der Waals surface area (Å²) in [7, 11) is 0. The smallest absolute Gasteiger partial charge is 0.269 e. The molecule has 2 aromatic rings.